The van der Waals surface area contributed by atoms with Crippen LogP contribution in [0.5, 0.6) is 0 Å². The third-order valence-corrected chi connectivity index (χ3v) is 3.20. The predicted molar refractivity (Wildman–Crippen MR) is 77.6 cm³/mol. The molecule has 0 bridgehead atoms. The van der Waals surface area contributed by atoms with Crippen LogP contribution in [0.3, 0.4) is 0 Å². The topological polar surface area (TPSA) is 78.4 Å². The molecule has 0 saturated heterocycles. The van der Waals surface area contributed by atoms with Gasteiger partial charge in [0.15, 0.2) is 0 Å². The molecule has 0 aliphatic carbocycles. The number of benzene rings is 1. The Morgan fingerprint density at radius 1 is 1.37 bits per heavy atom. The summed E-state index contributed by atoms with van der Waals surface area (Å²) in [6.07, 6.45) is 0. The van der Waals surface area contributed by atoms with Crippen molar-refractivity contribution in [3.8, 4) is 0 Å². The molecule has 0 saturated carbocycles. The third kappa shape index (κ3) is 4.72. The van der Waals surface area contributed by atoms with Gasteiger partial charge >= 0.3 is 12.0 Å². The van der Waals surface area contributed by atoms with Crippen molar-refractivity contribution in [1.82, 2.24) is 5.32 Å². The van der Waals surface area contributed by atoms with Crippen LogP contribution in [0.4, 0.5) is 10.5 Å². The summed E-state index contributed by atoms with van der Waals surface area (Å²) in [5.41, 5.74) is 0.412. The molecule has 0 aliphatic rings. The first-order chi connectivity index (χ1) is 8.81. The lowest BCUT2D eigenvalue weighted by molar-refractivity contribution is -0.140. The maximum atomic E-state index is 11.7. The number of hydrogen-bond donors (Lipinski definition) is 3. The Hall–Kier alpha value is -1.27. The second-order valence-electron chi connectivity index (χ2n) is 4.28. The largest absolute Gasteiger partial charge is 0.480 e. The van der Waals surface area contributed by atoms with Crippen LogP contribution in [-0.2, 0) is 4.79 Å². The summed E-state index contributed by atoms with van der Waals surface area (Å²) in [7, 11) is 0. The standard InChI is InChI=1S/C12H14BrClN2O3/c1-6(2)10(11(17)18)16-12(19)15-9-4-3-7(13)5-8(9)14/h3-6,10H,1-2H3,(H,17,18)(H2,15,16,19)/t10-/m0/s1. The molecule has 7 heteroatoms. The Labute approximate surface area is 124 Å². The molecule has 0 unspecified atom stereocenters. The number of aliphatic carboxylic acids is 1. The van der Waals surface area contributed by atoms with Crippen molar-refractivity contribution in [3.63, 3.8) is 0 Å². The zero-order valence-electron chi connectivity index (χ0n) is 10.4. The normalized spacial score (nSPS) is 12.1. The Morgan fingerprint density at radius 2 is 2.00 bits per heavy atom. The van der Waals surface area contributed by atoms with Crippen LogP contribution in [0.15, 0.2) is 22.7 Å². The highest BCUT2D eigenvalue weighted by Gasteiger charge is 2.23. The molecule has 19 heavy (non-hydrogen) atoms. The third-order valence-electron chi connectivity index (χ3n) is 2.40. The van der Waals surface area contributed by atoms with Crippen molar-refractivity contribution in [2.24, 2.45) is 5.92 Å². The lowest BCUT2D eigenvalue weighted by atomic mass is 10.1. The molecule has 1 atom stereocenters. The van der Waals surface area contributed by atoms with E-state index in [1.165, 1.54) is 0 Å². The summed E-state index contributed by atoms with van der Waals surface area (Å²) >= 11 is 9.20. The average Bonchev–Trinajstić information content (AvgIpc) is 2.29. The van der Waals surface area contributed by atoms with Crippen LogP contribution in [0, 0.1) is 5.92 Å². The highest BCUT2D eigenvalue weighted by Crippen LogP contribution is 2.25. The van der Waals surface area contributed by atoms with Crippen LogP contribution in [0.2, 0.25) is 5.02 Å². The van der Waals surface area contributed by atoms with Crippen LogP contribution in [0.25, 0.3) is 0 Å². The smallest absolute Gasteiger partial charge is 0.326 e. The molecule has 1 aromatic rings. The van der Waals surface area contributed by atoms with E-state index in [1.54, 1.807) is 32.0 Å². The minimum absolute atomic E-state index is 0.219. The first-order valence-electron chi connectivity index (χ1n) is 5.56. The zero-order chi connectivity index (χ0) is 14.6. The van der Waals surface area contributed by atoms with Gasteiger partial charge in [-0.25, -0.2) is 9.59 Å². The number of amides is 2. The fourth-order valence-electron chi connectivity index (χ4n) is 1.40. The Balaban J connectivity index is 2.72. The van der Waals surface area contributed by atoms with Crippen LogP contribution < -0.4 is 10.6 Å². The molecule has 104 valence electrons. The summed E-state index contributed by atoms with van der Waals surface area (Å²) in [5.74, 6) is -1.30. The first kappa shape index (κ1) is 15.8. The monoisotopic (exact) mass is 348 g/mol. The first-order valence-corrected chi connectivity index (χ1v) is 6.73. The molecular formula is C12H14BrClN2O3. The van der Waals surface area contributed by atoms with E-state index in [0.717, 1.165) is 4.47 Å². The van der Waals surface area contributed by atoms with Gasteiger partial charge in [-0.15, -0.1) is 0 Å². The van der Waals surface area contributed by atoms with E-state index in [1.807, 2.05) is 0 Å². The maximum absolute atomic E-state index is 11.7. The van der Waals surface area contributed by atoms with Crippen molar-refractivity contribution < 1.29 is 14.7 Å². The van der Waals surface area contributed by atoms with Crippen molar-refractivity contribution in [2.45, 2.75) is 19.9 Å². The van der Waals surface area contributed by atoms with Crippen molar-refractivity contribution >= 4 is 45.2 Å². The highest BCUT2D eigenvalue weighted by atomic mass is 79.9. The number of rotatable bonds is 4. The average molecular weight is 350 g/mol. The van der Waals surface area contributed by atoms with Gasteiger partial charge in [0.05, 0.1) is 10.7 Å². The molecule has 1 rings (SSSR count). The van der Waals surface area contributed by atoms with Crippen LogP contribution in [0.1, 0.15) is 13.8 Å². The number of carbonyl (C=O) groups is 2. The molecule has 0 fully saturated rings. The van der Waals surface area contributed by atoms with E-state index in [9.17, 15) is 9.59 Å². The molecule has 0 aliphatic heterocycles. The molecule has 0 aromatic heterocycles. The minimum atomic E-state index is -1.08. The van der Waals surface area contributed by atoms with E-state index in [0.29, 0.717) is 10.7 Å². The molecule has 0 radical (unpaired) electrons. The molecule has 3 N–H and O–H groups in total. The van der Waals surface area contributed by atoms with Gasteiger partial charge in [-0.05, 0) is 24.1 Å². The summed E-state index contributed by atoms with van der Waals surface area (Å²) < 4.78 is 0.786. The van der Waals surface area contributed by atoms with Gasteiger partial charge in [0, 0.05) is 4.47 Å². The van der Waals surface area contributed by atoms with Gasteiger partial charge in [-0.1, -0.05) is 41.4 Å². The number of urea groups is 1. The number of carboxylic acid groups (broad SMARTS) is 1. The number of carboxylic acids is 1. The molecular weight excluding hydrogens is 336 g/mol. The van der Waals surface area contributed by atoms with Gasteiger partial charge in [0.1, 0.15) is 6.04 Å². The molecule has 1 aromatic carbocycles. The highest BCUT2D eigenvalue weighted by molar-refractivity contribution is 9.10. The van der Waals surface area contributed by atoms with E-state index < -0.39 is 18.0 Å². The zero-order valence-corrected chi connectivity index (χ0v) is 12.7. The number of carbonyl (C=O) groups excluding carboxylic acids is 1. The van der Waals surface area contributed by atoms with Crippen LogP contribution in [-0.4, -0.2) is 23.1 Å². The summed E-state index contributed by atoms with van der Waals surface area (Å²) in [6.45, 7) is 3.43. The molecule has 0 heterocycles. The lowest BCUT2D eigenvalue weighted by Crippen LogP contribution is -2.46. The molecule has 0 spiro atoms. The molecule has 5 nitrogen and oxygen atoms in total. The second kappa shape index (κ2) is 6.77. The van der Waals surface area contributed by atoms with Gasteiger partial charge in [-0.3, -0.25) is 0 Å². The van der Waals surface area contributed by atoms with E-state index in [-0.39, 0.29) is 5.92 Å². The Morgan fingerprint density at radius 3 is 2.47 bits per heavy atom. The van der Waals surface area contributed by atoms with Crippen LogP contribution >= 0.6 is 27.5 Å². The number of anilines is 1. The quantitative estimate of drug-likeness (QED) is 0.780. The number of hydrogen-bond acceptors (Lipinski definition) is 2. The van der Waals surface area contributed by atoms with E-state index >= 15 is 0 Å². The van der Waals surface area contributed by atoms with Crippen molar-refractivity contribution in [3.05, 3.63) is 27.7 Å². The summed E-state index contributed by atoms with van der Waals surface area (Å²) in [5, 5.41) is 14.2. The van der Waals surface area contributed by atoms with Crippen molar-refractivity contribution in [2.75, 3.05) is 5.32 Å². The Bertz CT molecular complexity index is 494. The number of nitrogens with one attached hydrogen (secondary N) is 2. The van der Waals surface area contributed by atoms with Crippen molar-refractivity contribution in [1.29, 1.82) is 0 Å². The SMILES string of the molecule is CC(C)[C@H](NC(=O)Nc1ccc(Br)cc1Cl)C(=O)O. The fraction of sp³-hybridized carbons (Fsp3) is 0.333. The second-order valence-corrected chi connectivity index (χ2v) is 5.61. The van der Waals surface area contributed by atoms with Gasteiger partial charge in [-0.2, -0.15) is 0 Å². The predicted octanol–water partition coefficient (Wildman–Crippen LogP) is 3.33. The summed E-state index contributed by atoms with van der Waals surface area (Å²) in [6, 6.07) is 3.42. The number of halogens is 2. The van der Waals surface area contributed by atoms with Gasteiger partial charge < -0.3 is 15.7 Å². The molecule has 2 amide bonds. The van der Waals surface area contributed by atoms with Gasteiger partial charge in [0.2, 0.25) is 0 Å². The maximum Gasteiger partial charge on any atom is 0.326 e. The lowest BCUT2D eigenvalue weighted by Gasteiger charge is -2.18. The summed E-state index contributed by atoms with van der Waals surface area (Å²) in [4.78, 5) is 22.7. The van der Waals surface area contributed by atoms with Gasteiger partial charge in [0.25, 0.3) is 0 Å². The van der Waals surface area contributed by atoms with E-state index in [2.05, 4.69) is 26.6 Å². The van der Waals surface area contributed by atoms with E-state index in [4.69, 9.17) is 16.7 Å². The Kier molecular flexibility index (Phi) is 5.62. The minimum Gasteiger partial charge on any atom is -0.480 e. The fourth-order valence-corrected chi connectivity index (χ4v) is 2.12.